The Morgan fingerprint density at radius 2 is 2.21 bits per heavy atom. The van der Waals surface area contributed by atoms with E-state index < -0.39 is 17.8 Å². The maximum absolute atomic E-state index is 13.5. The second-order valence-corrected chi connectivity index (χ2v) is 4.43. The lowest BCUT2D eigenvalue weighted by Crippen LogP contribution is -2.38. The zero-order chi connectivity index (χ0) is 14.0. The van der Waals surface area contributed by atoms with Gasteiger partial charge in [-0.2, -0.15) is 0 Å². The summed E-state index contributed by atoms with van der Waals surface area (Å²) >= 11 is 0. The number of hydrogen-bond donors (Lipinski definition) is 3. The van der Waals surface area contributed by atoms with Gasteiger partial charge in [0.05, 0.1) is 5.56 Å². The van der Waals surface area contributed by atoms with Crippen LogP contribution in [0.25, 0.3) is 0 Å². The van der Waals surface area contributed by atoms with Crippen molar-refractivity contribution in [2.45, 2.75) is 12.5 Å². The first-order valence-corrected chi connectivity index (χ1v) is 5.81. The quantitative estimate of drug-likeness (QED) is 0.693. The fourth-order valence-electron chi connectivity index (χ4n) is 2.03. The van der Waals surface area contributed by atoms with E-state index in [2.05, 4.69) is 5.32 Å². The van der Waals surface area contributed by atoms with Crippen molar-refractivity contribution in [2.24, 2.45) is 0 Å². The average Bonchev–Trinajstić information content (AvgIpc) is 2.77. The van der Waals surface area contributed by atoms with Crippen LogP contribution < -0.4 is 11.1 Å². The average molecular weight is 267 g/mol. The number of amides is 2. The lowest BCUT2D eigenvalue weighted by Gasteiger charge is -2.14. The standard InChI is InChI=1S/C12H14FN3O3/c13-10-5-7(14)1-2-9(10)11(17)15-8-3-4-16(6-8)12(18)19/h1-2,5,8H,3-4,6,14H2,(H,15,17)(H,18,19)/t8-/m1/s1. The molecule has 6 nitrogen and oxygen atoms in total. The zero-order valence-electron chi connectivity index (χ0n) is 10.1. The molecule has 0 spiro atoms. The normalized spacial score (nSPS) is 18.4. The van der Waals surface area contributed by atoms with Crippen LogP contribution in [0.5, 0.6) is 0 Å². The summed E-state index contributed by atoms with van der Waals surface area (Å²) in [7, 11) is 0. The minimum absolute atomic E-state index is 0.0945. The molecule has 0 radical (unpaired) electrons. The van der Waals surface area contributed by atoms with Gasteiger partial charge >= 0.3 is 6.09 Å². The van der Waals surface area contributed by atoms with Crippen molar-refractivity contribution in [3.63, 3.8) is 0 Å². The summed E-state index contributed by atoms with van der Waals surface area (Å²) in [6, 6.07) is 3.54. The van der Waals surface area contributed by atoms with E-state index >= 15 is 0 Å². The molecule has 1 aromatic rings. The van der Waals surface area contributed by atoms with Gasteiger partial charge in [-0.05, 0) is 24.6 Å². The number of carbonyl (C=O) groups is 2. The minimum atomic E-state index is -1.02. The second-order valence-electron chi connectivity index (χ2n) is 4.43. The largest absolute Gasteiger partial charge is 0.465 e. The summed E-state index contributed by atoms with van der Waals surface area (Å²) in [5.41, 5.74) is 5.55. The van der Waals surface area contributed by atoms with Crippen molar-refractivity contribution in [1.82, 2.24) is 10.2 Å². The summed E-state index contributed by atoms with van der Waals surface area (Å²) in [5, 5.41) is 11.4. The predicted octanol–water partition coefficient (Wildman–Crippen LogP) is 0.890. The molecule has 1 fully saturated rings. The number of rotatable bonds is 2. The highest BCUT2D eigenvalue weighted by Gasteiger charge is 2.27. The van der Waals surface area contributed by atoms with Crippen LogP contribution in [0.2, 0.25) is 0 Å². The number of carboxylic acid groups (broad SMARTS) is 1. The maximum atomic E-state index is 13.5. The number of halogens is 1. The van der Waals surface area contributed by atoms with Gasteiger partial charge in [-0.25, -0.2) is 9.18 Å². The molecule has 1 saturated heterocycles. The molecule has 1 aliphatic heterocycles. The van der Waals surface area contributed by atoms with E-state index in [0.29, 0.717) is 13.0 Å². The molecule has 7 heteroatoms. The van der Waals surface area contributed by atoms with Crippen LogP contribution in [0, 0.1) is 5.82 Å². The van der Waals surface area contributed by atoms with E-state index in [0.717, 1.165) is 6.07 Å². The first-order chi connectivity index (χ1) is 8.97. The Morgan fingerprint density at radius 1 is 1.47 bits per heavy atom. The SMILES string of the molecule is Nc1ccc(C(=O)N[C@@H]2CCN(C(=O)O)C2)c(F)c1. The zero-order valence-corrected chi connectivity index (χ0v) is 10.1. The molecule has 1 heterocycles. The van der Waals surface area contributed by atoms with Crippen LogP contribution in [0.1, 0.15) is 16.8 Å². The Balaban J connectivity index is 2.00. The number of benzene rings is 1. The highest BCUT2D eigenvalue weighted by molar-refractivity contribution is 5.95. The third-order valence-electron chi connectivity index (χ3n) is 3.03. The Morgan fingerprint density at radius 3 is 2.79 bits per heavy atom. The van der Waals surface area contributed by atoms with Crippen molar-refractivity contribution in [3.05, 3.63) is 29.6 Å². The Kier molecular flexibility index (Phi) is 3.55. The second kappa shape index (κ2) is 5.13. The molecule has 1 aromatic carbocycles. The topological polar surface area (TPSA) is 95.7 Å². The monoisotopic (exact) mass is 267 g/mol. The third-order valence-corrected chi connectivity index (χ3v) is 3.03. The van der Waals surface area contributed by atoms with Crippen LogP contribution in [0.3, 0.4) is 0 Å². The number of nitrogens with one attached hydrogen (secondary N) is 1. The number of hydrogen-bond acceptors (Lipinski definition) is 3. The molecule has 0 aromatic heterocycles. The number of nitrogens with two attached hydrogens (primary N) is 1. The van der Waals surface area contributed by atoms with E-state index in [-0.39, 0.29) is 23.8 Å². The fourth-order valence-corrected chi connectivity index (χ4v) is 2.03. The third kappa shape index (κ3) is 2.93. The van der Waals surface area contributed by atoms with Crippen LogP contribution >= 0.6 is 0 Å². The maximum Gasteiger partial charge on any atom is 0.407 e. The number of anilines is 1. The number of likely N-dealkylation sites (tertiary alicyclic amines) is 1. The number of carbonyl (C=O) groups excluding carboxylic acids is 1. The first kappa shape index (κ1) is 13.1. The van der Waals surface area contributed by atoms with Gasteiger partial charge in [0.2, 0.25) is 0 Å². The molecule has 102 valence electrons. The number of nitrogens with zero attached hydrogens (tertiary/aromatic N) is 1. The van der Waals surface area contributed by atoms with Crippen molar-refractivity contribution in [3.8, 4) is 0 Å². The molecule has 2 amide bonds. The van der Waals surface area contributed by atoms with E-state index in [1.807, 2.05) is 0 Å². The Hall–Kier alpha value is -2.31. The van der Waals surface area contributed by atoms with E-state index in [4.69, 9.17) is 10.8 Å². The molecule has 2 rings (SSSR count). The van der Waals surface area contributed by atoms with Crippen molar-refractivity contribution < 1.29 is 19.1 Å². The van der Waals surface area contributed by atoms with Gasteiger partial charge in [-0.15, -0.1) is 0 Å². The van der Waals surface area contributed by atoms with Crippen molar-refractivity contribution >= 4 is 17.7 Å². The van der Waals surface area contributed by atoms with Gasteiger partial charge in [0.15, 0.2) is 0 Å². The van der Waals surface area contributed by atoms with Crippen LogP contribution in [-0.2, 0) is 0 Å². The molecular formula is C12H14FN3O3. The molecule has 0 saturated carbocycles. The van der Waals surface area contributed by atoms with E-state index in [9.17, 15) is 14.0 Å². The highest BCUT2D eigenvalue weighted by atomic mass is 19.1. The van der Waals surface area contributed by atoms with Crippen molar-refractivity contribution in [2.75, 3.05) is 18.8 Å². The van der Waals surface area contributed by atoms with Gasteiger partial charge in [0, 0.05) is 24.8 Å². The summed E-state index contributed by atoms with van der Waals surface area (Å²) in [4.78, 5) is 23.8. The van der Waals surface area contributed by atoms with Gasteiger partial charge in [-0.1, -0.05) is 0 Å². The fraction of sp³-hybridized carbons (Fsp3) is 0.333. The summed E-state index contributed by atoms with van der Waals surface area (Å²) in [5.74, 6) is -1.25. The summed E-state index contributed by atoms with van der Waals surface area (Å²) < 4.78 is 13.5. The predicted molar refractivity (Wildman–Crippen MR) is 66.3 cm³/mol. The molecule has 4 N–H and O–H groups in total. The van der Waals surface area contributed by atoms with Gasteiger partial charge in [0.25, 0.3) is 5.91 Å². The van der Waals surface area contributed by atoms with Gasteiger partial charge < -0.3 is 21.1 Å². The van der Waals surface area contributed by atoms with Gasteiger partial charge in [-0.3, -0.25) is 4.79 Å². The highest BCUT2D eigenvalue weighted by Crippen LogP contribution is 2.14. The lowest BCUT2D eigenvalue weighted by atomic mass is 10.1. The van der Waals surface area contributed by atoms with Crippen LogP contribution in [0.15, 0.2) is 18.2 Å². The first-order valence-electron chi connectivity index (χ1n) is 5.81. The molecule has 1 aliphatic rings. The molecule has 1 atom stereocenters. The minimum Gasteiger partial charge on any atom is -0.465 e. The molecule has 0 aliphatic carbocycles. The molecule has 0 bridgehead atoms. The van der Waals surface area contributed by atoms with E-state index in [1.165, 1.54) is 17.0 Å². The molecule has 19 heavy (non-hydrogen) atoms. The van der Waals surface area contributed by atoms with E-state index in [1.54, 1.807) is 0 Å². The smallest absolute Gasteiger partial charge is 0.407 e. The van der Waals surface area contributed by atoms with Crippen molar-refractivity contribution in [1.29, 1.82) is 0 Å². The summed E-state index contributed by atoms with van der Waals surface area (Å²) in [6.45, 7) is 0.585. The van der Waals surface area contributed by atoms with Crippen LogP contribution in [0.4, 0.5) is 14.9 Å². The van der Waals surface area contributed by atoms with Crippen LogP contribution in [-0.4, -0.2) is 41.1 Å². The molecular weight excluding hydrogens is 253 g/mol. The Labute approximate surface area is 109 Å². The Bertz CT molecular complexity index is 521. The molecule has 0 unspecified atom stereocenters. The summed E-state index contributed by atoms with van der Waals surface area (Å²) in [6.07, 6.45) is -0.496. The van der Waals surface area contributed by atoms with Gasteiger partial charge in [0.1, 0.15) is 5.82 Å². The lowest BCUT2D eigenvalue weighted by molar-refractivity contribution is 0.0931. The number of nitrogen functional groups attached to an aromatic ring is 1.